The van der Waals surface area contributed by atoms with Gasteiger partial charge in [0.05, 0.1) is 18.8 Å². The maximum atomic E-state index is 12.3. The average Bonchev–Trinajstić information content (AvgIpc) is 2.88. The van der Waals surface area contributed by atoms with E-state index < -0.39 is 10.0 Å². The minimum absolute atomic E-state index is 0.0456. The van der Waals surface area contributed by atoms with Crippen molar-refractivity contribution < 1.29 is 8.42 Å². The molecule has 0 aliphatic carbocycles. The predicted octanol–water partition coefficient (Wildman–Crippen LogP) is -0.0785. The van der Waals surface area contributed by atoms with Crippen LogP contribution in [0.15, 0.2) is 35.5 Å². The summed E-state index contributed by atoms with van der Waals surface area (Å²) in [6.45, 7) is 3.21. The predicted molar refractivity (Wildman–Crippen MR) is 84.1 cm³/mol. The molecule has 0 fully saturated rings. The lowest BCUT2D eigenvalue weighted by Crippen LogP contribution is -2.37. The lowest BCUT2D eigenvalue weighted by molar-refractivity contribution is 0.298. The Balaban J connectivity index is 1.91. The van der Waals surface area contributed by atoms with E-state index in [1.54, 1.807) is 25.4 Å². The molecule has 9 heteroatoms. The van der Waals surface area contributed by atoms with Crippen LogP contribution in [0.3, 0.4) is 0 Å². The van der Waals surface area contributed by atoms with Gasteiger partial charge in [-0.3, -0.25) is 4.79 Å². The number of imidazole rings is 1. The second-order valence-corrected chi connectivity index (χ2v) is 7.86. The molecule has 1 aliphatic rings. The maximum Gasteiger partial charge on any atom is 0.266 e. The molecular weight excluding hydrogens is 318 g/mol. The fourth-order valence-electron chi connectivity index (χ4n) is 2.78. The van der Waals surface area contributed by atoms with Gasteiger partial charge < -0.3 is 4.57 Å². The van der Waals surface area contributed by atoms with Crippen molar-refractivity contribution in [3.05, 3.63) is 46.9 Å². The number of rotatable bonds is 4. The van der Waals surface area contributed by atoms with Crippen LogP contribution in [-0.2, 0) is 29.7 Å². The molecule has 8 nitrogen and oxygen atoms in total. The maximum absolute atomic E-state index is 12.3. The summed E-state index contributed by atoms with van der Waals surface area (Å²) in [5, 5.41) is 4.07. The fourth-order valence-corrected chi connectivity index (χ4v) is 3.90. The van der Waals surface area contributed by atoms with Crippen molar-refractivity contribution in [3.63, 3.8) is 0 Å². The normalized spacial score (nSPS) is 19.3. The van der Waals surface area contributed by atoms with Crippen LogP contribution in [0.25, 0.3) is 0 Å². The van der Waals surface area contributed by atoms with E-state index in [0.29, 0.717) is 19.6 Å². The molecule has 1 aliphatic heterocycles. The molecule has 0 amide bonds. The van der Waals surface area contributed by atoms with Gasteiger partial charge in [-0.25, -0.2) is 18.1 Å². The molecule has 1 atom stereocenters. The van der Waals surface area contributed by atoms with Gasteiger partial charge in [0.15, 0.2) is 0 Å². The first-order valence-corrected chi connectivity index (χ1v) is 9.10. The number of fused-ring (bicyclic) bond motifs is 1. The summed E-state index contributed by atoms with van der Waals surface area (Å²) in [6.07, 6.45) is 5.06. The van der Waals surface area contributed by atoms with Gasteiger partial charge in [0.2, 0.25) is 10.0 Å². The summed E-state index contributed by atoms with van der Waals surface area (Å²) in [6, 6.07) is 3.04. The summed E-state index contributed by atoms with van der Waals surface area (Å²) >= 11 is 0. The highest BCUT2D eigenvalue weighted by Gasteiger charge is 2.29. The summed E-state index contributed by atoms with van der Waals surface area (Å²) in [7, 11) is -3.33. The zero-order chi connectivity index (χ0) is 16.4. The van der Waals surface area contributed by atoms with E-state index in [0.717, 1.165) is 5.82 Å². The zero-order valence-corrected chi connectivity index (χ0v) is 13.7. The second-order valence-electron chi connectivity index (χ2n) is 5.60. The van der Waals surface area contributed by atoms with Crippen LogP contribution in [0.4, 0.5) is 0 Å². The Labute approximate surface area is 134 Å². The van der Waals surface area contributed by atoms with Gasteiger partial charge in [0, 0.05) is 43.7 Å². The van der Waals surface area contributed by atoms with Crippen molar-refractivity contribution >= 4 is 10.0 Å². The Kier molecular flexibility index (Phi) is 4.31. The van der Waals surface area contributed by atoms with Crippen LogP contribution < -0.4 is 5.56 Å². The van der Waals surface area contributed by atoms with Crippen molar-refractivity contribution in [3.8, 4) is 0 Å². The quantitative estimate of drug-likeness (QED) is 0.778. The van der Waals surface area contributed by atoms with Gasteiger partial charge in [0.1, 0.15) is 5.82 Å². The Morgan fingerprint density at radius 2 is 2.13 bits per heavy atom. The van der Waals surface area contributed by atoms with E-state index in [9.17, 15) is 13.2 Å². The Morgan fingerprint density at radius 3 is 2.87 bits per heavy atom. The van der Waals surface area contributed by atoms with E-state index in [1.165, 1.54) is 15.1 Å². The van der Waals surface area contributed by atoms with Crippen LogP contribution in [0.1, 0.15) is 12.7 Å². The molecule has 0 N–H and O–H groups in total. The summed E-state index contributed by atoms with van der Waals surface area (Å²) in [4.78, 5) is 16.1. The van der Waals surface area contributed by atoms with Gasteiger partial charge >= 0.3 is 0 Å². The van der Waals surface area contributed by atoms with Crippen molar-refractivity contribution in [2.24, 2.45) is 5.92 Å². The lowest BCUT2D eigenvalue weighted by atomic mass is 10.1. The molecule has 23 heavy (non-hydrogen) atoms. The zero-order valence-electron chi connectivity index (χ0n) is 12.9. The first-order valence-electron chi connectivity index (χ1n) is 7.49. The van der Waals surface area contributed by atoms with Crippen LogP contribution in [0.2, 0.25) is 0 Å². The summed E-state index contributed by atoms with van der Waals surface area (Å²) in [5.41, 5.74) is -0.187. The smallest absolute Gasteiger partial charge is 0.266 e. The highest BCUT2D eigenvalue weighted by Crippen LogP contribution is 2.19. The molecule has 0 spiro atoms. The van der Waals surface area contributed by atoms with Crippen molar-refractivity contribution in [1.82, 2.24) is 23.6 Å². The van der Waals surface area contributed by atoms with Crippen LogP contribution >= 0.6 is 0 Å². The third-order valence-electron chi connectivity index (χ3n) is 4.01. The Morgan fingerprint density at radius 1 is 1.30 bits per heavy atom. The van der Waals surface area contributed by atoms with Crippen LogP contribution in [0.5, 0.6) is 0 Å². The summed E-state index contributed by atoms with van der Waals surface area (Å²) < 4.78 is 29.4. The first kappa shape index (κ1) is 15.9. The van der Waals surface area contributed by atoms with E-state index in [1.807, 2.05) is 10.8 Å². The van der Waals surface area contributed by atoms with E-state index >= 15 is 0 Å². The molecule has 0 saturated heterocycles. The van der Waals surface area contributed by atoms with Gasteiger partial charge in [-0.1, -0.05) is 0 Å². The van der Waals surface area contributed by atoms with Gasteiger partial charge in [0.25, 0.3) is 5.56 Å². The number of aromatic nitrogens is 4. The third-order valence-corrected chi connectivity index (χ3v) is 5.81. The molecule has 0 aromatic carbocycles. The molecule has 0 radical (unpaired) electrons. The monoisotopic (exact) mass is 337 g/mol. The molecule has 3 rings (SSSR count). The average molecular weight is 337 g/mol. The number of hydrogen-bond donors (Lipinski definition) is 0. The third kappa shape index (κ3) is 3.35. The standard InChI is InChI=1S/C14H19N5O3S/c1-2-23(21,22)18-9-12(8-17-7-6-15-13(17)11-18)10-19-14(20)4-3-5-16-19/h3-7,12H,2,8-11H2,1H3/t12-/m0/s1. The lowest BCUT2D eigenvalue weighted by Gasteiger charge is -2.23. The highest BCUT2D eigenvalue weighted by atomic mass is 32.2. The largest absolute Gasteiger partial charge is 0.333 e. The molecule has 2 aromatic rings. The van der Waals surface area contributed by atoms with E-state index in [4.69, 9.17) is 0 Å². The molecule has 0 unspecified atom stereocenters. The molecule has 3 heterocycles. The van der Waals surface area contributed by atoms with E-state index in [-0.39, 0.29) is 23.8 Å². The van der Waals surface area contributed by atoms with Crippen molar-refractivity contribution in [2.75, 3.05) is 12.3 Å². The SMILES string of the molecule is CCS(=O)(=O)N1Cc2nccn2C[C@H](Cn2ncccc2=O)C1. The van der Waals surface area contributed by atoms with Gasteiger partial charge in [-0.05, 0) is 13.0 Å². The topological polar surface area (TPSA) is 90.1 Å². The van der Waals surface area contributed by atoms with Gasteiger partial charge in [-0.15, -0.1) is 0 Å². The molecule has 124 valence electrons. The molecule has 0 bridgehead atoms. The number of nitrogens with zero attached hydrogens (tertiary/aromatic N) is 5. The number of hydrogen-bond acceptors (Lipinski definition) is 5. The van der Waals surface area contributed by atoms with Crippen molar-refractivity contribution in [1.29, 1.82) is 0 Å². The van der Waals surface area contributed by atoms with Crippen LogP contribution in [0, 0.1) is 5.92 Å². The Hall–Kier alpha value is -2.00. The molecule has 0 saturated carbocycles. The molecule has 2 aromatic heterocycles. The minimum atomic E-state index is -3.33. The second kappa shape index (κ2) is 6.25. The summed E-state index contributed by atoms with van der Waals surface area (Å²) in [5.74, 6) is 0.710. The van der Waals surface area contributed by atoms with E-state index in [2.05, 4.69) is 10.1 Å². The highest BCUT2D eigenvalue weighted by molar-refractivity contribution is 7.89. The van der Waals surface area contributed by atoms with Gasteiger partial charge in [-0.2, -0.15) is 9.40 Å². The molecular formula is C14H19N5O3S. The van der Waals surface area contributed by atoms with Crippen molar-refractivity contribution in [2.45, 2.75) is 26.6 Å². The van der Waals surface area contributed by atoms with Crippen LogP contribution in [-0.4, -0.2) is 44.4 Å². The Bertz CT molecular complexity index is 842. The first-order chi connectivity index (χ1) is 11.0. The fraction of sp³-hybridized carbons (Fsp3) is 0.500. The minimum Gasteiger partial charge on any atom is -0.333 e. The number of sulfonamides is 1.